The number of methoxy groups -OCH3 is 1. The summed E-state index contributed by atoms with van der Waals surface area (Å²) in [7, 11) is 1.75. The fraction of sp³-hybridized carbons (Fsp3) is 0.0909. The highest BCUT2D eigenvalue weighted by Crippen LogP contribution is 2.51. The standard InChI is InChI=1S/C33H28N2O/c1-23-19-20-28-26(22-23)31(24-12-5-3-6-13-24)32(35-28)33(30-18-11-21-34-30,25-14-7-4-8-15-25)27-16-9-10-17-29(27)36-2/h3-22,34-35H,1-2H3. The third-order valence-corrected chi connectivity index (χ3v) is 7.11. The Kier molecular flexibility index (Phi) is 5.46. The molecule has 3 heteroatoms. The van der Waals surface area contributed by atoms with Crippen LogP contribution in [0.1, 0.15) is 28.1 Å². The molecule has 176 valence electrons. The number of fused-ring (bicyclic) bond motifs is 1. The first-order valence-corrected chi connectivity index (χ1v) is 12.2. The molecule has 1 unspecified atom stereocenters. The summed E-state index contributed by atoms with van der Waals surface area (Å²) >= 11 is 0. The highest BCUT2D eigenvalue weighted by atomic mass is 16.5. The van der Waals surface area contributed by atoms with Crippen LogP contribution in [0.3, 0.4) is 0 Å². The molecule has 36 heavy (non-hydrogen) atoms. The topological polar surface area (TPSA) is 40.8 Å². The number of para-hydroxylation sites is 1. The van der Waals surface area contributed by atoms with Crippen LogP contribution in [0.4, 0.5) is 0 Å². The molecule has 1 atom stereocenters. The van der Waals surface area contributed by atoms with Crippen LogP contribution >= 0.6 is 0 Å². The fourth-order valence-corrected chi connectivity index (χ4v) is 5.57. The molecule has 0 spiro atoms. The van der Waals surface area contributed by atoms with Crippen LogP contribution in [0.5, 0.6) is 5.75 Å². The number of H-pyrrole nitrogens is 2. The molecule has 0 fully saturated rings. The summed E-state index contributed by atoms with van der Waals surface area (Å²) in [5.41, 5.74) is 8.41. The molecular formula is C33H28N2O. The Morgan fingerprint density at radius 3 is 2.17 bits per heavy atom. The summed E-state index contributed by atoms with van der Waals surface area (Å²) in [4.78, 5) is 7.48. The predicted molar refractivity (Wildman–Crippen MR) is 148 cm³/mol. The Morgan fingerprint density at radius 2 is 1.44 bits per heavy atom. The van der Waals surface area contributed by atoms with Crippen LogP contribution < -0.4 is 4.74 Å². The Balaban J connectivity index is 1.85. The third-order valence-electron chi connectivity index (χ3n) is 7.11. The summed E-state index contributed by atoms with van der Waals surface area (Å²) in [5, 5.41) is 1.21. The number of benzene rings is 4. The maximum Gasteiger partial charge on any atom is 0.123 e. The molecule has 2 heterocycles. The van der Waals surface area contributed by atoms with Crippen molar-refractivity contribution >= 4 is 10.9 Å². The van der Waals surface area contributed by atoms with Crippen molar-refractivity contribution in [3.05, 3.63) is 150 Å². The van der Waals surface area contributed by atoms with E-state index in [2.05, 4.69) is 120 Å². The van der Waals surface area contributed by atoms with Gasteiger partial charge in [0.05, 0.1) is 7.11 Å². The predicted octanol–water partition coefficient (Wildman–Crippen LogP) is 7.86. The van der Waals surface area contributed by atoms with Gasteiger partial charge in [0.2, 0.25) is 0 Å². The highest BCUT2D eigenvalue weighted by Gasteiger charge is 2.44. The monoisotopic (exact) mass is 468 g/mol. The zero-order valence-electron chi connectivity index (χ0n) is 20.5. The molecule has 0 amide bonds. The number of aryl methyl sites for hydroxylation is 1. The van der Waals surface area contributed by atoms with Crippen molar-refractivity contribution in [1.29, 1.82) is 0 Å². The lowest BCUT2D eigenvalue weighted by Crippen LogP contribution is -2.33. The van der Waals surface area contributed by atoms with Gasteiger partial charge in [0.1, 0.15) is 11.2 Å². The molecule has 0 saturated heterocycles. The van der Waals surface area contributed by atoms with E-state index in [1.54, 1.807) is 7.11 Å². The van der Waals surface area contributed by atoms with E-state index in [0.29, 0.717) is 0 Å². The second kappa shape index (κ2) is 8.94. The van der Waals surface area contributed by atoms with Gasteiger partial charge in [-0.1, -0.05) is 90.5 Å². The first-order valence-electron chi connectivity index (χ1n) is 12.2. The van der Waals surface area contributed by atoms with Crippen LogP contribution in [0.15, 0.2) is 121 Å². The Morgan fingerprint density at radius 1 is 0.722 bits per heavy atom. The lowest BCUT2D eigenvalue weighted by Gasteiger charge is -2.36. The maximum absolute atomic E-state index is 6.00. The van der Waals surface area contributed by atoms with E-state index in [1.165, 1.54) is 22.1 Å². The van der Waals surface area contributed by atoms with Crippen molar-refractivity contribution < 1.29 is 4.74 Å². The van der Waals surface area contributed by atoms with Crippen LogP contribution in [0.25, 0.3) is 22.0 Å². The molecule has 3 nitrogen and oxygen atoms in total. The lowest BCUT2D eigenvalue weighted by atomic mass is 9.67. The molecule has 4 aromatic carbocycles. The van der Waals surface area contributed by atoms with E-state index in [9.17, 15) is 0 Å². The van der Waals surface area contributed by atoms with Gasteiger partial charge < -0.3 is 14.7 Å². The minimum atomic E-state index is -0.685. The van der Waals surface area contributed by atoms with Crippen LogP contribution in [-0.4, -0.2) is 17.1 Å². The molecule has 2 N–H and O–H groups in total. The molecule has 0 aliphatic heterocycles. The Hall–Kier alpha value is -4.50. The first kappa shape index (κ1) is 22.0. The van der Waals surface area contributed by atoms with Gasteiger partial charge in [0.25, 0.3) is 0 Å². The summed E-state index contributed by atoms with van der Waals surface area (Å²) in [5.74, 6) is 0.838. The molecule has 0 bridgehead atoms. The van der Waals surface area contributed by atoms with Gasteiger partial charge in [0, 0.05) is 39.6 Å². The number of nitrogens with one attached hydrogen (secondary N) is 2. The maximum atomic E-state index is 6.00. The number of aromatic nitrogens is 2. The molecule has 2 aromatic heterocycles. The van der Waals surface area contributed by atoms with E-state index in [0.717, 1.165) is 33.8 Å². The number of rotatable bonds is 6. The van der Waals surface area contributed by atoms with Gasteiger partial charge in [0.15, 0.2) is 0 Å². The molecule has 0 aliphatic rings. The van der Waals surface area contributed by atoms with Crippen molar-refractivity contribution in [2.75, 3.05) is 7.11 Å². The van der Waals surface area contributed by atoms with Crippen molar-refractivity contribution in [1.82, 2.24) is 9.97 Å². The zero-order chi connectivity index (χ0) is 24.5. The van der Waals surface area contributed by atoms with Gasteiger partial charge in [-0.15, -0.1) is 0 Å². The highest BCUT2D eigenvalue weighted by molar-refractivity contribution is 5.99. The van der Waals surface area contributed by atoms with Gasteiger partial charge in [-0.05, 0) is 48.4 Å². The minimum Gasteiger partial charge on any atom is -0.496 e. The minimum absolute atomic E-state index is 0.685. The van der Waals surface area contributed by atoms with E-state index in [1.807, 2.05) is 18.3 Å². The number of aromatic amines is 2. The molecular weight excluding hydrogens is 440 g/mol. The van der Waals surface area contributed by atoms with Crippen LogP contribution in [-0.2, 0) is 5.41 Å². The molecule has 6 rings (SSSR count). The Labute approximate surface area is 211 Å². The fourth-order valence-electron chi connectivity index (χ4n) is 5.57. The molecule has 0 radical (unpaired) electrons. The summed E-state index contributed by atoms with van der Waals surface area (Å²) < 4.78 is 6.00. The molecule has 6 aromatic rings. The number of hydrogen-bond acceptors (Lipinski definition) is 1. The van der Waals surface area contributed by atoms with Gasteiger partial charge in [-0.25, -0.2) is 0 Å². The third kappa shape index (κ3) is 3.36. The summed E-state index contributed by atoms with van der Waals surface area (Å²) in [6.07, 6.45) is 2.00. The van der Waals surface area contributed by atoms with Crippen LogP contribution in [0, 0.1) is 6.92 Å². The first-order chi connectivity index (χ1) is 17.7. The van der Waals surface area contributed by atoms with Gasteiger partial charge in [-0.3, -0.25) is 0 Å². The number of hydrogen-bond donors (Lipinski definition) is 2. The quantitative estimate of drug-likeness (QED) is 0.257. The van der Waals surface area contributed by atoms with Gasteiger partial charge >= 0.3 is 0 Å². The van der Waals surface area contributed by atoms with Crippen molar-refractivity contribution in [3.8, 4) is 16.9 Å². The SMILES string of the molecule is COc1ccccc1C(c1ccccc1)(c1ccc[nH]1)c1[nH]c2ccc(C)cc2c1-c1ccccc1. The van der Waals surface area contributed by atoms with Gasteiger partial charge in [-0.2, -0.15) is 0 Å². The normalized spacial score (nSPS) is 12.9. The van der Waals surface area contributed by atoms with E-state index in [4.69, 9.17) is 4.74 Å². The Bertz CT molecular complexity index is 1620. The average Bonchev–Trinajstić information content (AvgIpc) is 3.60. The van der Waals surface area contributed by atoms with Crippen LogP contribution in [0.2, 0.25) is 0 Å². The zero-order valence-corrected chi connectivity index (χ0v) is 20.5. The van der Waals surface area contributed by atoms with Crippen molar-refractivity contribution in [2.24, 2.45) is 0 Å². The van der Waals surface area contributed by atoms with Crippen molar-refractivity contribution in [2.45, 2.75) is 12.3 Å². The molecule has 0 saturated carbocycles. The van der Waals surface area contributed by atoms with E-state index < -0.39 is 5.41 Å². The van der Waals surface area contributed by atoms with Crippen molar-refractivity contribution in [3.63, 3.8) is 0 Å². The largest absolute Gasteiger partial charge is 0.496 e. The number of ether oxygens (including phenoxy) is 1. The summed E-state index contributed by atoms with van der Waals surface area (Å²) in [6.45, 7) is 2.15. The smallest absolute Gasteiger partial charge is 0.123 e. The second-order valence-electron chi connectivity index (χ2n) is 9.19. The average molecular weight is 469 g/mol. The lowest BCUT2D eigenvalue weighted by molar-refractivity contribution is 0.404. The second-order valence-corrected chi connectivity index (χ2v) is 9.19. The van der Waals surface area contributed by atoms with E-state index in [-0.39, 0.29) is 0 Å². The summed E-state index contributed by atoms with van der Waals surface area (Å²) in [6, 6.07) is 40.6. The molecule has 0 aliphatic carbocycles. The van der Waals surface area contributed by atoms with E-state index >= 15 is 0 Å².